The van der Waals surface area contributed by atoms with Crippen LogP contribution in [0.25, 0.3) is 0 Å². The van der Waals surface area contributed by atoms with Crippen molar-refractivity contribution in [1.29, 1.82) is 0 Å². The molecule has 1 aromatic carbocycles. The highest BCUT2D eigenvalue weighted by Crippen LogP contribution is 2.22. The van der Waals surface area contributed by atoms with E-state index in [-0.39, 0.29) is 10.6 Å². The zero-order chi connectivity index (χ0) is 13.0. The van der Waals surface area contributed by atoms with E-state index < -0.39 is 0 Å². The largest absolute Gasteiger partial charge is 0.382 e. The van der Waals surface area contributed by atoms with E-state index in [1.807, 2.05) is 13.0 Å². The lowest BCUT2D eigenvalue weighted by molar-refractivity contribution is -0.384. The Kier molecular flexibility index (Phi) is 4.49. The molecule has 0 radical (unpaired) electrons. The number of benzene rings is 1. The zero-order valence-corrected chi connectivity index (χ0v) is 10.9. The molecule has 0 aliphatic rings. The Hall–Kier alpha value is -1.58. The number of hydrogen-bond acceptors (Lipinski definition) is 3. The smallest absolute Gasteiger partial charge is 0.271 e. The molecule has 0 aliphatic heterocycles. The van der Waals surface area contributed by atoms with Gasteiger partial charge in [-0.1, -0.05) is 20.3 Å². The van der Waals surface area contributed by atoms with E-state index in [1.54, 1.807) is 12.1 Å². The highest BCUT2D eigenvalue weighted by molar-refractivity contribution is 5.54. The third kappa shape index (κ3) is 3.73. The first-order chi connectivity index (χ1) is 7.93. The lowest BCUT2D eigenvalue weighted by Gasteiger charge is -2.21. The number of hydrogen-bond donors (Lipinski definition) is 1. The summed E-state index contributed by atoms with van der Waals surface area (Å²) in [6, 6.07) is 5.41. The molecule has 94 valence electrons. The van der Waals surface area contributed by atoms with E-state index in [0.29, 0.717) is 12.0 Å². The average molecular weight is 236 g/mol. The number of aryl methyl sites for hydroxylation is 1. The molecule has 17 heavy (non-hydrogen) atoms. The molecule has 0 aromatic heterocycles. The first kappa shape index (κ1) is 13.5. The minimum Gasteiger partial charge on any atom is -0.382 e. The fraction of sp³-hybridized carbons (Fsp3) is 0.538. The molecule has 4 heteroatoms. The molecule has 0 amide bonds. The van der Waals surface area contributed by atoms with Crippen molar-refractivity contribution in [2.75, 3.05) is 5.32 Å². The van der Waals surface area contributed by atoms with Crippen LogP contribution < -0.4 is 5.32 Å². The van der Waals surface area contributed by atoms with Crippen molar-refractivity contribution < 1.29 is 4.92 Å². The van der Waals surface area contributed by atoms with Crippen molar-refractivity contribution in [3.05, 3.63) is 33.9 Å². The topological polar surface area (TPSA) is 55.2 Å². The second-order valence-corrected chi connectivity index (χ2v) is 4.63. The predicted molar refractivity (Wildman–Crippen MR) is 70.4 cm³/mol. The molecule has 1 aromatic rings. The van der Waals surface area contributed by atoms with Gasteiger partial charge in [0.05, 0.1) is 4.92 Å². The van der Waals surface area contributed by atoms with Crippen LogP contribution in [0.4, 0.5) is 11.4 Å². The van der Waals surface area contributed by atoms with E-state index in [9.17, 15) is 10.1 Å². The second-order valence-electron chi connectivity index (χ2n) is 4.63. The number of nitro groups is 1. The summed E-state index contributed by atoms with van der Waals surface area (Å²) >= 11 is 0. The fourth-order valence-corrected chi connectivity index (χ4v) is 1.71. The maximum atomic E-state index is 10.8. The number of non-ortho nitro benzene ring substituents is 1. The molecule has 0 spiro atoms. The van der Waals surface area contributed by atoms with Gasteiger partial charge >= 0.3 is 0 Å². The Morgan fingerprint density at radius 3 is 2.53 bits per heavy atom. The van der Waals surface area contributed by atoms with Crippen LogP contribution in [0.1, 0.15) is 32.8 Å². The third-order valence-corrected chi connectivity index (χ3v) is 3.16. The quantitative estimate of drug-likeness (QED) is 0.625. The maximum Gasteiger partial charge on any atom is 0.271 e. The van der Waals surface area contributed by atoms with Crippen molar-refractivity contribution in [3.63, 3.8) is 0 Å². The summed E-state index contributed by atoms with van der Waals surface area (Å²) in [5.74, 6) is 0.537. The van der Waals surface area contributed by atoms with Crippen LogP contribution in [0.5, 0.6) is 0 Å². The average Bonchev–Trinajstić information content (AvgIpc) is 2.26. The highest BCUT2D eigenvalue weighted by atomic mass is 16.6. The summed E-state index contributed by atoms with van der Waals surface area (Å²) in [6.45, 7) is 8.28. The molecular weight excluding hydrogens is 216 g/mol. The Morgan fingerprint density at radius 1 is 1.35 bits per heavy atom. The second kappa shape index (κ2) is 5.66. The van der Waals surface area contributed by atoms with Gasteiger partial charge in [0.2, 0.25) is 0 Å². The lowest BCUT2D eigenvalue weighted by atomic mass is 10.0. The van der Waals surface area contributed by atoms with E-state index in [4.69, 9.17) is 0 Å². The Labute approximate surface area is 102 Å². The van der Waals surface area contributed by atoms with Gasteiger partial charge in [0.1, 0.15) is 0 Å². The van der Waals surface area contributed by atoms with Crippen molar-refractivity contribution in [1.82, 2.24) is 0 Å². The molecule has 0 saturated carbocycles. The molecule has 1 N–H and O–H groups in total. The third-order valence-electron chi connectivity index (χ3n) is 3.16. The van der Waals surface area contributed by atoms with Crippen LogP contribution in [0.3, 0.4) is 0 Å². The van der Waals surface area contributed by atoms with Crippen LogP contribution in [-0.4, -0.2) is 11.0 Å². The van der Waals surface area contributed by atoms with E-state index >= 15 is 0 Å². The summed E-state index contributed by atoms with van der Waals surface area (Å²) in [5.41, 5.74) is 1.87. The molecule has 0 aliphatic carbocycles. The Balaban J connectivity index is 2.87. The van der Waals surface area contributed by atoms with Crippen molar-refractivity contribution >= 4 is 11.4 Å². The molecule has 0 bridgehead atoms. The fourth-order valence-electron chi connectivity index (χ4n) is 1.71. The van der Waals surface area contributed by atoms with Gasteiger partial charge in [-0.05, 0) is 31.4 Å². The summed E-state index contributed by atoms with van der Waals surface area (Å²) in [5, 5.41) is 14.1. The molecule has 1 rings (SSSR count). The van der Waals surface area contributed by atoms with Crippen LogP contribution in [0, 0.1) is 23.0 Å². The normalized spacial score (nSPS) is 14.1. The summed E-state index contributed by atoms with van der Waals surface area (Å²) in [6.07, 6.45) is 1.09. The van der Waals surface area contributed by atoms with Gasteiger partial charge in [-0.3, -0.25) is 10.1 Å². The van der Waals surface area contributed by atoms with E-state index in [2.05, 4.69) is 26.1 Å². The number of nitrogens with zero attached hydrogens (tertiary/aromatic N) is 1. The maximum absolute atomic E-state index is 10.8. The minimum absolute atomic E-state index is 0.142. The van der Waals surface area contributed by atoms with Crippen LogP contribution in [-0.2, 0) is 0 Å². The lowest BCUT2D eigenvalue weighted by Crippen LogP contribution is -2.23. The SMILES string of the molecule is CCC(C)C(C)Nc1cc(C)cc([N+](=O)[O-])c1. The summed E-state index contributed by atoms with van der Waals surface area (Å²) < 4.78 is 0. The number of anilines is 1. The van der Waals surface area contributed by atoms with E-state index in [1.165, 1.54) is 0 Å². The molecule has 2 unspecified atom stereocenters. The van der Waals surface area contributed by atoms with Gasteiger partial charge in [-0.2, -0.15) is 0 Å². The van der Waals surface area contributed by atoms with Crippen molar-refractivity contribution in [2.24, 2.45) is 5.92 Å². The molecule has 0 heterocycles. The number of rotatable bonds is 5. The monoisotopic (exact) mass is 236 g/mol. The number of nitro benzene ring substituents is 1. The first-order valence-corrected chi connectivity index (χ1v) is 5.96. The van der Waals surface area contributed by atoms with E-state index in [0.717, 1.165) is 17.7 Å². The summed E-state index contributed by atoms with van der Waals surface area (Å²) in [4.78, 5) is 10.4. The highest BCUT2D eigenvalue weighted by Gasteiger charge is 2.12. The van der Waals surface area contributed by atoms with Crippen LogP contribution >= 0.6 is 0 Å². The molecule has 0 saturated heterocycles. The standard InChI is InChI=1S/C13H20N2O2/c1-5-10(3)11(4)14-12-6-9(2)7-13(8-12)15(16)17/h6-8,10-11,14H,5H2,1-4H3. The number of nitrogens with one attached hydrogen (secondary N) is 1. The molecular formula is C13H20N2O2. The van der Waals surface area contributed by atoms with Gasteiger partial charge in [-0.15, -0.1) is 0 Å². The molecule has 4 nitrogen and oxygen atoms in total. The van der Waals surface area contributed by atoms with Gasteiger partial charge in [0.25, 0.3) is 5.69 Å². The van der Waals surface area contributed by atoms with Crippen molar-refractivity contribution in [3.8, 4) is 0 Å². The van der Waals surface area contributed by atoms with Gasteiger partial charge in [0.15, 0.2) is 0 Å². The van der Waals surface area contributed by atoms with Crippen molar-refractivity contribution in [2.45, 2.75) is 40.2 Å². The van der Waals surface area contributed by atoms with Crippen LogP contribution in [0.2, 0.25) is 0 Å². The molecule has 2 atom stereocenters. The summed E-state index contributed by atoms with van der Waals surface area (Å²) in [7, 11) is 0. The van der Waals surface area contributed by atoms with Gasteiger partial charge < -0.3 is 5.32 Å². The first-order valence-electron chi connectivity index (χ1n) is 5.96. The molecule has 0 fully saturated rings. The Bertz CT molecular complexity index is 404. The van der Waals surface area contributed by atoms with Gasteiger partial charge in [-0.25, -0.2) is 0 Å². The Morgan fingerprint density at radius 2 is 2.00 bits per heavy atom. The van der Waals surface area contributed by atoms with Gasteiger partial charge in [0, 0.05) is 23.9 Å². The minimum atomic E-state index is -0.355. The predicted octanol–water partition coefficient (Wildman–Crippen LogP) is 3.75. The van der Waals surface area contributed by atoms with Crippen LogP contribution in [0.15, 0.2) is 18.2 Å². The zero-order valence-electron chi connectivity index (χ0n) is 10.9.